The third kappa shape index (κ3) is 4.47. The minimum Gasteiger partial charge on any atom is -0.480 e. The minimum atomic E-state index is -0.973. The Morgan fingerprint density at radius 2 is 1.75 bits per heavy atom. The highest BCUT2D eigenvalue weighted by atomic mass is 16.4. The number of rotatable bonds is 5. The number of amides is 1. The lowest BCUT2D eigenvalue weighted by molar-refractivity contribution is -0.149. The fourth-order valence-electron chi connectivity index (χ4n) is 3.01. The Balaban J connectivity index is 2.81. The molecule has 20 heavy (non-hydrogen) atoms. The summed E-state index contributed by atoms with van der Waals surface area (Å²) in [5, 5.41) is 9.00. The van der Waals surface area contributed by atoms with Gasteiger partial charge >= 0.3 is 5.97 Å². The number of carboxylic acids is 1. The molecular formula is C15H28N2O3. The Hall–Kier alpha value is -1.10. The van der Waals surface area contributed by atoms with Crippen molar-refractivity contribution in [3.8, 4) is 0 Å². The predicted molar refractivity (Wildman–Crippen MR) is 78.3 cm³/mol. The molecule has 1 aliphatic carbocycles. The smallest absolute Gasteiger partial charge is 0.323 e. The van der Waals surface area contributed by atoms with Crippen LogP contribution in [0.1, 0.15) is 59.3 Å². The second-order valence-electron chi connectivity index (χ2n) is 6.99. The molecule has 1 rings (SSSR count). The quantitative estimate of drug-likeness (QED) is 0.808. The molecule has 0 heterocycles. The van der Waals surface area contributed by atoms with Crippen molar-refractivity contribution in [3.63, 3.8) is 0 Å². The fraction of sp³-hybridized carbons (Fsp3) is 0.867. The van der Waals surface area contributed by atoms with Crippen LogP contribution < -0.4 is 5.73 Å². The number of carboxylic acid groups (broad SMARTS) is 1. The summed E-state index contributed by atoms with van der Waals surface area (Å²) >= 11 is 0. The summed E-state index contributed by atoms with van der Waals surface area (Å²) in [6.45, 7) is 5.85. The molecule has 1 amide bonds. The molecule has 0 saturated heterocycles. The topological polar surface area (TPSA) is 83.6 Å². The van der Waals surface area contributed by atoms with E-state index in [9.17, 15) is 9.59 Å². The summed E-state index contributed by atoms with van der Waals surface area (Å²) in [6.07, 6.45) is 5.74. The molecule has 0 unspecified atom stereocenters. The standard InChI is InChI=1S/C15H28N2O3/c1-14(2,3)17(10-13(19)20)12(18)9-15(11-16)7-5-4-6-8-15/h4-11,16H2,1-3H3,(H,19,20). The fourth-order valence-corrected chi connectivity index (χ4v) is 3.01. The summed E-state index contributed by atoms with van der Waals surface area (Å²) in [4.78, 5) is 25.0. The summed E-state index contributed by atoms with van der Waals surface area (Å²) in [5.41, 5.74) is 5.30. The number of nitrogens with two attached hydrogens (primary N) is 1. The van der Waals surface area contributed by atoms with Gasteiger partial charge in [0.25, 0.3) is 0 Å². The van der Waals surface area contributed by atoms with Crippen molar-refractivity contribution in [2.75, 3.05) is 13.1 Å². The molecule has 0 spiro atoms. The highest BCUT2D eigenvalue weighted by Gasteiger charge is 2.37. The molecule has 0 radical (unpaired) electrons. The predicted octanol–water partition coefficient (Wildman–Crippen LogP) is 2.00. The lowest BCUT2D eigenvalue weighted by Gasteiger charge is -2.40. The lowest BCUT2D eigenvalue weighted by Crippen LogP contribution is -2.50. The summed E-state index contributed by atoms with van der Waals surface area (Å²) < 4.78 is 0. The van der Waals surface area contributed by atoms with Crippen LogP contribution in [0.2, 0.25) is 0 Å². The van der Waals surface area contributed by atoms with Gasteiger partial charge in [0.05, 0.1) is 0 Å². The van der Waals surface area contributed by atoms with Crippen LogP contribution in [0.4, 0.5) is 0 Å². The van der Waals surface area contributed by atoms with E-state index in [0.717, 1.165) is 25.7 Å². The molecule has 1 aliphatic rings. The molecule has 0 aromatic rings. The van der Waals surface area contributed by atoms with Crippen molar-refractivity contribution in [1.29, 1.82) is 0 Å². The zero-order valence-corrected chi connectivity index (χ0v) is 12.9. The molecule has 0 aromatic carbocycles. The first-order valence-corrected chi connectivity index (χ1v) is 7.42. The van der Waals surface area contributed by atoms with E-state index in [-0.39, 0.29) is 17.9 Å². The zero-order valence-electron chi connectivity index (χ0n) is 12.9. The van der Waals surface area contributed by atoms with Gasteiger partial charge in [0.15, 0.2) is 0 Å². The minimum absolute atomic E-state index is 0.0905. The van der Waals surface area contributed by atoms with Crippen molar-refractivity contribution >= 4 is 11.9 Å². The Morgan fingerprint density at radius 3 is 2.15 bits per heavy atom. The van der Waals surface area contributed by atoms with Crippen molar-refractivity contribution in [3.05, 3.63) is 0 Å². The summed E-state index contributed by atoms with van der Waals surface area (Å²) in [6, 6.07) is 0. The number of hydrogen-bond acceptors (Lipinski definition) is 3. The number of nitrogens with zero attached hydrogens (tertiary/aromatic N) is 1. The monoisotopic (exact) mass is 284 g/mol. The number of aliphatic carboxylic acids is 1. The van der Waals surface area contributed by atoms with Gasteiger partial charge in [0.2, 0.25) is 5.91 Å². The number of carbonyl (C=O) groups excluding carboxylic acids is 1. The Morgan fingerprint density at radius 1 is 1.20 bits per heavy atom. The van der Waals surface area contributed by atoms with Crippen molar-refractivity contribution in [2.45, 2.75) is 64.8 Å². The molecule has 116 valence electrons. The van der Waals surface area contributed by atoms with Gasteiger partial charge in [-0.25, -0.2) is 0 Å². The molecule has 0 bridgehead atoms. The highest BCUT2D eigenvalue weighted by Crippen LogP contribution is 2.39. The maximum absolute atomic E-state index is 12.6. The van der Waals surface area contributed by atoms with E-state index in [2.05, 4.69) is 0 Å². The van der Waals surface area contributed by atoms with Gasteiger partial charge in [-0.1, -0.05) is 19.3 Å². The van der Waals surface area contributed by atoms with Gasteiger partial charge < -0.3 is 15.7 Å². The molecular weight excluding hydrogens is 256 g/mol. The first kappa shape index (κ1) is 17.0. The largest absolute Gasteiger partial charge is 0.480 e. The number of hydrogen-bond donors (Lipinski definition) is 2. The van der Waals surface area contributed by atoms with Gasteiger partial charge in [-0.3, -0.25) is 9.59 Å². The zero-order chi connectivity index (χ0) is 15.4. The van der Waals surface area contributed by atoms with E-state index >= 15 is 0 Å². The average molecular weight is 284 g/mol. The van der Waals surface area contributed by atoms with Crippen molar-refractivity contribution < 1.29 is 14.7 Å². The normalized spacial score (nSPS) is 18.6. The van der Waals surface area contributed by atoms with Crippen molar-refractivity contribution in [2.24, 2.45) is 11.1 Å². The average Bonchev–Trinajstić information content (AvgIpc) is 2.35. The summed E-state index contributed by atoms with van der Waals surface area (Å²) in [7, 11) is 0. The molecule has 1 fully saturated rings. The van der Waals surface area contributed by atoms with Gasteiger partial charge in [0, 0.05) is 12.0 Å². The van der Waals surface area contributed by atoms with Crippen LogP contribution in [0.3, 0.4) is 0 Å². The first-order valence-electron chi connectivity index (χ1n) is 7.42. The second kappa shape index (κ2) is 6.57. The van der Waals surface area contributed by atoms with Crippen molar-refractivity contribution in [1.82, 2.24) is 4.90 Å². The third-order valence-electron chi connectivity index (χ3n) is 4.28. The molecule has 5 heteroatoms. The Bertz CT molecular complexity index is 355. The van der Waals surface area contributed by atoms with Crippen LogP contribution in [0.5, 0.6) is 0 Å². The van der Waals surface area contributed by atoms with Crippen LogP contribution in [0.15, 0.2) is 0 Å². The van der Waals surface area contributed by atoms with E-state index < -0.39 is 11.5 Å². The first-order chi connectivity index (χ1) is 9.20. The van der Waals surface area contributed by atoms with Crippen LogP contribution in [-0.2, 0) is 9.59 Å². The van der Waals surface area contributed by atoms with Crippen LogP contribution in [0, 0.1) is 5.41 Å². The maximum Gasteiger partial charge on any atom is 0.323 e. The summed E-state index contributed by atoms with van der Waals surface area (Å²) in [5.74, 6) is -1.06. The number of carbonyl (C=O) groups is 2. The van der Waals surface area contributed by atoms with Crippen LogP contribution in [-0.4, -0.2) is 40.5 Å². The van der Waals surface area contributed by atoms with Gasteiger partial charge in [-0.05, 0) is 45.6 Å². The van der Waals surface area contributed by atoms with E-state index in [1.54, 1.807) is 0 Å². The molecule has 1 saturated carbocycles. The second-order valence-corrected chi connectivity index (χ2v) is 6.99. The Kier molecular flexibility index (Phi) is 5.57. The SMILES string of the molecule is CC(C)(C)N(CC(=O)O)C(=O)CC1(CN)CCCCC1. The van der Waals surface area contributed by atoms with Gasteiger partial charge in [-0.15, -0.1) is 0 Å². The molecule has 0 atom stereocenters. The van der Waals surface area contributed by atoms with E-state index in [1.807, 2.05) is 20.8 Å². The molecule has 0 aromatic heterocycles. The molecule has 3 N–H and O–H groups in total. The van der Waals surface area contributed by atoms with E-state index in [0.29, 0.717) is 13.0 Å². The molecule has 5 nitrogen and oxygen atoms in total. The van der Waals surface area contributed by atoms with E-state index in [4.69, 9.17) is 10.8 Å². The van der Waals surface area contributed by atoms with Crippen LogP contribution in [0.25, 0.3) is 0 Å². The lowest BCUT2D eigenvalue weighted by atomic mass is 9.71. The van der Waals surface area contributed by atoms with Crippen LogP contribution >= 0.6 is 0 Å². The highest BCUT2D eigenvalue weighted by molar-refractivity contribution is 5.82. The third-order valence-corrected chi connectivity index (χ3v) is 4.28. The van der Waals surface area contributed by atoms with E-state index in [1.165, 1.54) is 11.3 Å². The molecule has 0 aliphatic heterocycles. The van der Waals surface area contributed by atoms with Gasteiger partial charge in [-0.2, -0.15) is 0 Å². The maximum atomic E-state index is 12.6. The Labute approximate surface area is 121 Å². The van der Waals surface area contributed by atoms with Gasteiger partial charge in [0.1, 0.15) is 6.54 Å².